The van der Waals surface area contributed by atoms with E-state index >= 15 is 0 Å². The van der Waals surface area contributed by atoms with Crippen LogP contribution >= 0.6 is 0 Å². The minimum absolute atomic E-state index is 0.213. The molecule has 1 aliphatic carbocycles. The molecule has 0 bridgehead atoms. The normalized spacial score (nSPS) is 23.6. The van der Waals surface area contributed by atoms with E-state index in [0.29, 0.717) is 25.1 Å². The Bertz CT molecular complexity index is 1400. The van der Waals surface area contributed by atoms with Crippen molar-refractivity contribution in [1.82, 2.24) is 24.5 Å². The number of imidazole rings is 1. The number of rotatable bonds is 3. The van der Waals surface area contributed by atoms with Gasteiger partial charge in [0.1, 0.15) is 17.9 Å². The molecular weight excluding hydrogens is 440 g/mol. The summed E-state index contributed by atoms with van der Waals surface area (Å²) in [7, 11) is 0. The van der Waals surface area contributed by atoms with Crippen LogP contribution in [0.15, 0.2) is 48.8 Å². The van der Waals surface area contributed by atoms with Crippen molar-refractivity contribution in [3.8, 4) is 11.3 Å². The van der Waals surface area contributed by atoms with Gasteiger partial charge in [-0.1, -0.05) is 24.3 Å². The summed E-state index contributed by atoms with van der Waals surface area (Å²) in [4.78, 5) is 21.5. The maximum atomic E-state index is 9.54. The fraction of sp³-hybridized carbons (Fsp3) is 0.407. The molecule has 2 aliphatic heterocycles. The van der Waals surface area contributed by atoms with Crippen LogP contribution in [-0.2, 0) is 23.3 Å². The minimum Gasteiger partial charge on any atom is -0.396 e. The average molecular weight is 469 g/mol. The zero-order chi connectivity index (χ0) is 23.4. The Balaban J connectivity index is 1.27. The molecule has 0 saturated carbocycles. The second-order valence-electron chi connectivity index (χ2n) is 9.99. The molecule has 8 heteroatoms. The van der Waals surface area contributed by atoms with Crippen molar-refractivity contribution >= 4 is 17.1 Å². The molecule has 5 heterocycles. The lowest BCUT2D eigenvalue weighted by atomic mass is 9.91. The van der Waals surface area contributed by atoms with Crippen LogP contribution in [0, 0.1) is 5.92 Å². The van der Waals surface area contributed by atoms with Gasteiger partial charge in [0.15, 0.2) is 5.65 Å². The first-order valence-electron chi connectivity index (χ1n) is 12.5. The van der Waals surface area contributed by atoms with Crippen LogP contribution in [0.25, 0.3) is 22.4 Å². The van der Waals surface area contributed by atoms with Crippen LogP contribution in [0.3, 0.4) is 0 Å². The number of aliphatic hydroxyl groups is 1. The van der Waals surface area contributed by atoms with Crippen molar-refractivity contribution < 1.29 is 9.84 Å². The number of fused-ring (bicyclic) bond motifs is 6. The van der Waals surface area contributed by atoms with Gasteiger partial charge in [0.2, 0.25) is 5.95 Å². The number of hydrogen-bond donors (Lipinski definition) is 1. The first kappa shape index (κ1) is 21.0. The lowest BCUT2D eigenvalue weighted by molar-refractivity contribution is 0.0225. The maximum absolute atomic E-state index is 9.54. The van der Waals surface area contributed by atoms with Gasteiger partial charge in [0.05, 0.1) is 17.8 Å². The molecule has 2 atom stereocenters. The molecular formula is C27H28N6O2. The standard InChI is InChI=1S/C27H28N6O2/c34-15-18-4-3-11-32(14-18)26-28-12-20(13-29-26)22-7-8-23-25(31-22)33-24(30-23)16-35-17-27(33)10-9-19-5-1-2-6-21(19)27/h1-2,5-8,12-13,18,34H,3-4,9-11,14-17H2. The highest BCUT2D eigenvalue weighted by molar-refractivity contribution is 5.77. The minimum atomic E-state index is -0.261. The summed E-state index contributed by atoms with van der Waals surface area (Å²) >= 11 is 0. The monoisotopic (exact) mass is 468 g/mol. The average Bonchev–Trinajstić information content (AvgIpc) is 3.48. The van der Waals surface area contributed by atoms with Gasteiger partial charge in [-0.05, 0) is 54.9 Å². The van der Waals surface area contributed by atoms with E-state index in [2.05, 4.69) is 43.7 Å². The summed E-state index contributed by atoms with van der Waals surface area (Å²) in [5.41, 5.74) is 5.95. The number of benzene rings is 1. The summed E-state index contributed by atoms with van der Waals surface area (Å²) in [6.07, 6.45) is 7.84. The Morgan fingerprint density at radius 3 is 2.86 bits per heavy atom. The number of aryl methyl sites for hydroxylation is 1. The molecule has 7 rings (SSSR count). The first-order chi connectivity index (χ1) is 17.2. The largest absolute Gasteiger partial charge is 0.396 e. The Labute approximate surface area is 203 Å². The van der Waals surface area contributed by atoms with Crippen LogP contribution in [0.1, 0.15) is 36.2 Å². The van der Waals surface area contributed by atoms with Crippen molar-refractivity contribution in [2.45, 2.75) is 37.8 Å². The number of ether oxygens (including phenoxy) is 1. The van der Waals surface area contributed by atoms with Crippen molar-refractivity contribution in [3.05, 3.63) is 65.7 Å². The molecule has 0 radical (unpaired) electrons. The molecule has 2 unspecified atom stereocenters. The lowest BCUT2D eigenvalue weighted by Gasteiger charge is -2.37. The second-order valence-corrected chi connectivity index (χ2v) is 9.99. The quantitative estimate of drug-likeness (QED) is 0.493. The van der Waals surface area contributed by atoms with Crippen molar-refractivity contribution in [1.29, 1.82) is 0 Å². The lowest BCUT2D eigenvalue weighted by Crippen LogP contribution is -2.42. The highest BCUT2D eigenvalue weighted by Crippen LogP contribution is 2.45. The zero-order valence-corrected chi connectivity index (χ0v) is 19.6. The van der Waals surface area contributed by atoms with E-state index in [9.17, 15) is 5.11 Å². The maximum Gasteiger partial charge on any atom is 0.225 e. The van der Waals surface area contributed by atoms with Crippen molar-refractivity contribution in [2.75, 3.05) is 31.2 Å². The second kappa shape index (κ2) is 8.10. The van der Waals surface area contributed by atoms with E-state index in [4.69, 9.17) is 14.7 Å². The Hall–Kier alpha value is -3.36. The Morgan fingerprint density at radius 1 is 1.09 bits per heavy atom. The number of anilines is 1. The van der Waals surface area contributed by atoms with Crippen molar-refractivity contribution in [3.63, 3.8) is 0 Å². The predicted octanol–water partition coefficient (Wildman–Crippen LogP) is 3.32. The number of hydrogen-bond acceptors (Lipinski definition) is 7. The van der Waals surface area contributed by atoms with E-state index < -0.39 is 0 Å². The number of piperidine rings is 1. The first-order valence-corrected chi connectivity index (χ1v) is 12.5. The van der Waals surface area contributed by atoms with Gasteiger partial charge in [-0.25, -0.2) is 19.9 Å². The van der Waals surface area contributed by atoms with Gasteiger partial charge in [-0.3, -0.25) is 4.57 Å². The summed E-state index contributed by atoms with van der Waals surface area (Å²) in [6, 6.07) is 12.7. The molecule has 4 aromatic rings. The third-order valence-electron chi connectivity index (χ3n) is 7.89. The van der Waals surface area contributed by atoms with Gasteiger partial charge in [-0.2, -0.15) is 0 Å². The molecule has 35 heavy (non-hydrogen) atoms. The van der Waals surface area contributed by atoms with Gasteiger partial charge < -0.3 is 14.7 Å². The Kier molecular flexibility index (Phi) is 4.85. The van der Waals surface area contributed by atoms with Crippen LogP contribution in [-0.4, -0.2) is 55.9 Å². The SMILES string of the molecule is OCC1CCCN(c2ncc(-c3ccc4nc5n(c4n3)C3(CCc4ccccc43)COC5)cn2)C1. The Morgan fingerprint density at radius 2 is 1.97 bits per heavy atom. The summed E-state index contributed by atoms with van der Waals surface area (Å²) in [6.45, 7) is 3.07. The summed E-state index contributed by atoms with van der Waals surface area (Å²) in [5, 5.41) is 9.54. The highest BCUT2D eigenvalue weighted by Gasteiger charge is 2.45. The van der Waals surface area contributed by atoms with Gasteiger partial charge in [0, 0.05) is 37.7 Å². The third kappa shape index (κ3) is 3.27. The van der Waals surface area contributed by atoms with E-state index in [1.165, 1.54) is 11.1 Å². The topological polar surface area (TPSA) is 89.2 Å². The highest BCUT2D eigenvalue weighted by atomic mass is 16.5. The fourth-order valence-electron chi connectivity index (χ4n) is 6.15. The number of aromatic nitrogens is 5. The van der Waals surface area contributed by atoms with E-state index in [0.717, 1.165) is 67.0 Å². The van der Waals surface area contributed by atoms with Crippen LogP contribution in [0.5, 0.6) is 0 Å². The molecule has 1 N–H and O–H groups in total. The summed E-state index contributed by atoms with van der Waals surface area (Å²) < 4.78 is 8.40. The molecule has 0 amide bonds. The molecule has 1 fully saturated rings. The molecule has 1 spiro atoms. The van der Waals surface area contributed by atoms with Gasteiger partial charge in [-0.15, -0.1) is 0 Å². The van der Waals surface area contributed by atoms with Crippen LogP contribution in [0.2, 0.25) is 0 Å². The smallest absolute Gasteiger partial charge is 0.225 e. The predicted molar refractivity (Wildman–Crippen MR) is 132 cm³/mol. The molecule has 1 saturated heterocycles. The number of aliphatic hydroxyl groups excluding tert-OH is 1. The van der Waals surface area contributed by atoms with Gasteiger partial charge in [0.25, 0.3) is 0 Å². The number of pyridine rings is 1. The molecule has 1 aromatic carbocycles. The molecule has 178 valence electrons. The van der Waals surface area contributed by atoms with Gasteiger partial charge >= 0.3 is 0 Å². The summed E-state index contributed by atoms with van der Waals surface area (Å²) in [5.74, 6) is 1.94. The third-order valence-corrected chi connectivity index (χ3v) is 7.89. The van der Waals surface area contributed by atoms with E-state index in [1.54, 1.807) is 0 Å². The zero-order valence-electron chi connectivity index (χ0n) is 19.6. The molecule has 8 nitrogen and oxygen atoms in total. The van der Waals surface area contributed by atoms with Crippen LogP contribution in [0.4, 0.5) is 5.95 Å². The number of nitrogens with zero attached hydrogens (tertiary/aromatic N) is 6. The van der Waals surface area contributed by atoms with Crippen LogP contribution < -0.4 is 4.90 Å². The molecule has 3 aromatic heterocycles. The molecule has 3 aliphatic rings. The van der Waals surface area contributed by atoms with E-state index in [-0.39, 0.29) is 12.1 Å². The fourth-order valence-corrected chi connectivity index (χ4v) is 6.15. The van der Waals surface area contributed by atoms with Crippen molar-refractivity contribution in [2.24, 2.45) is 5.92 Å². The van der Waals surface area contributed by atoms with E-state index in [1.807, 2.05) is 24.5 Å².